The molecule has 4 bridgehead atoms. The lowest BCUT2D eigenvalue weighted by molar-refractivity contribution is -0.133. The number of fused-ring (bicyclic) bond motifs is 6. The summed E-state index contributed by atoms with van der Waals surface area (Å²) in [5.74, 6) is 0.253. The monoisotopic (exact) mass is 665 g/mol. The van der Waals surface area contributed by atoms with Crippen molar-refractivity contribution >= 4 is 33.8 Å². The van der Waals surface area contributed by atoms with Crippen LogP contribution in [0, 0.1) is 18.6 Å². The molecule has 0 radical (unpaired) electrons. The molecule has 0 spiro atoms. The van der Waals surface area contributed by atoms with Gasteiger partial charge in [-0.25, -0.2) is 28.4 Å². The Bertz CT molecular complexity index is 2220. The first-order valence-electron chi connectivity index (χ1n) is 16.1. The van der Waals surface area contributed by atoms with E-state index in [2.05, 4.69) is 30.7 Å². The summed E-state index contributed by atoms with van der Waals surface area (Å²) in [5.41, 5.74) is 4.03. The highest BCUT2D eigenvalue weighted by molar-refractivity contribution is 5.94. The van der Waals surface area contributed by atoms with E-state index in [1.165, 1.54) is 23.3 Å². The van der Waals surface area contributed by atoms with Crippen LogP contribution in [0.2, 0.25) is 0 Å². The maximum atomic E-state index is 14.8. The maximum absolute atomic E-state index is 14.8. The van der Waals surface area contributed by atoms with Crippen molar-refractivity contribution in [2.75, 3.05) is 31.6 Å². The standard InChI is InChI=1S/C35H33F2N9O3/c1-4-48-25-16-43(3)35(47)31-12-24(49-23-10-21(13-38-14-23)26-6-5-7-29-32(26)44(18-25)20(2)42-29)17-45(31)33-27-15-41-46(34(27)40-19-39-33)30-9-8-22(36)11-28(30)37/h5-11,13-15,19,24-25,31H,4,12,16-18H2,1-3H3/t24-,25+,31-/m0/s1. The van der Waals surface area contributed by atoms with E-state index in [1.54, 1.807) is 18.1 Å². The largest absolute Gasteiger partial charge is 0.487 e. The number of hydrogen-bond donors (Lipinski definition) is 0. The van der Waals surface area contributed by atoms with Gasteiger partial charge in [-0.05, 0) is 38.1 Å². The second kappa shape index (κ2) is 12.2. The summed E-state index contributed by atoms with van der Waals surface area (Å²) in [4.78, 5) is 36.3. The van der Waals surface area contributed by atoms with Gasteiger partial charge in [-0.1, -0.05) is 12.1 Å². The Morgan fingerprint density at radius 2 is 1.92 bits per heavy atom. The van der Waals surface area contributed by atoms with Crippen LogP contribution in [0.5, 0.6) is 5.75 Å². The van der Waals surface area contributed by atoms with Crippen LogP contribution in [0.1, 0.15) is 19.2 Å². The summed E-state index contributed by atoms with van der Waals surface area (Å²) in [7, 11) is 1.78. The molecule has 2 aliphatic rings. The molecule has 1 saturated heterocycles. The Morgan fingerprint density at radius 3 is 2.76 bits per heavy atom. The lowest BCUT2D eigenvalue weighted by atomic mass is 10.1. The predicted molar refractivity (Wildman–Crippen MR) is 177 cm³/mol. The van der Waals surface area contributed by atoms with Gasteiger partial charge in [0, 0.05) is 50.0 Å². The summed E-state index contributed by atoms with van der Waals surface area (Å²) < 4.78 is 44.7. The lowest BCUT2D eigenvalue weighted by Gasteiger charge is -2.31. The molecule has 1 amide bonds. The normalized spacial score (nSPS) is 19.7. The van der Waals surface area contributed by atoms with Crippen molar-refractivity contribution in [3.63, 3.8) is 0 Å². The van der Waals surface area contributed by atoms with Gasteiger partial charge in [-0.3, -0.25) is 9.78 Å². The van der Waals surface area contributed by atoms with Gasteiger partial charge in [0.05, 0.1) is 48.0 Å². The molecule has 6 heterocycles. The first kappa shape index (κ1) is 30.8. The maximum Gasteiger partial charge on any atom is 0.245 e. The van der Waals surface area contributed by atoms with Gasteiger partial charge in [0.15, 0.2) is 11.5 Å². The van der Waals surface area contributed by atoms with Gasteiger partial charge in [0.1, 0.15) is 47.4 Å². The van der Waals surface area contributed by atoms with Crippen LogP contribution in [0.4, 0.5) is 14.6 Å². The molecule has 49 heavy (non-hydrogen) atoms. The Hall–Kier alpha value is -5.50. The van der Waals surface area contributed by atoms with E-state index < -0.39 is 23.8 Å². The number of amides is 1. The van der Waals surface area contributed by atoms with Crippen molar-refractivity contribution < 1.29 is 23.0 Å². The number of ether oxygens (including phenoxy) is 2. The van der Waals surface area contributed by atoms with E-state index in [1.807, 2.05) is 43.1 Å². The molecule has 0 aliphatic carbocycles. The minimum Gasteiger partial charge on any atom is -0.487 e. The van der Waals surface area contributed by atoms with Crippen LogP contribution in [0.15, 0.2) is 67.4 Å². The average Bonchev–Trinajstić information content (AvgIpc) is 3.79. The number of imidazole rings is 1. The average molecular weight is 666 g/mol. The molecule has 12 nitrogen and oxygen atoms in total. The molecule has 2 aromatic carbocycles. The minimum absolute atomic E-state index is 0.0406. The molecule has 1 fully saturated rings. The highest BCUT2D eigenvalue weighted by Crippen LogP contribution is 2.35. The summed E-state index contributed by atoms with van der Waals surface area (Å²) in [6.07, 6.45) is 6.02. The van der Waals surface area contributed by atoms with E-state index in [0.717, 1.165) is 40.1 Å². The number of halogens is 2. The van der Waals surface area contributed by atoms with E-state index in [4.69, 9.17) is 14.5 Å². The molecule has 0 unspecified atom stereocenters. The second-order valence-electron chi connectivity index (χ2n) is 12.4. The number of aromatic nitrogens is 7. The first-order valence-corrected chi connectivity index (χ1v) is 16.1. The zero-order valence-corrected chi connectivity index (χ0v) is 27.1. The van der Waals surface area contributed by atoms with Gasteiger partial charge >= 0.3 is 0 Å². The van der Waals surface area contributed by atoms with Crippen molar-refractivity contribution in [3.05, 3.63) is 84.8 Å². The number of aryl methyl sites for hydroxylation is 1. The summed E-state index contributed by atoms with van der Waals surface area (Å²) >= 11 is 0. The van der Waals surface area contributed by atoms with Crippen molar-refractivity contribution in [2.45, 2.75) is 45.1 Å². The fourth-order valence-corrected chi connectivity index (χ4v) is 7.07. The number of carbonyl (C=O) groups excluding carboxylic acids is 1. The summed E-state index contributed by atoms with van der Waals surface area (Å²) in [6, 6.07) is 10.6. The number of nitrogens with zero attached hydrogens (tertiary/aromatic N) is 9. The summed E-state index contributed by atoms with van der Waals surface area (Å²) in [5, 5.41) is 4.89. The van der Waals surface area contributed by atoms with Crippen molar-refractivity contribution in [1.82, 2.24) is 39.2 Å². The number of para-hydroxylation sites is 1. The first-order chi connectivity index (χ1) is 23.8. The quantitative estimate of drug-likeness (QED) is 0.264. The molecule has 6 aromatic rings. The van der Waals surface area contributed by atoms with Crippen LogP contribution >= 0.6 is 0 Å². The molecule has 0 N–H and O–H groups in total. The smallest absolute Gasteiger partial charge is 0.245 e. The fraction of sp³-hybridized carbons (Fsp3) is 0.314. The molecular weight excluding hydrogens is 632 g/mol. The second-order valence-corrected chi connectivity index (χ2v) is 12.4. The van der Waals surface area contributed by atoms with Crippen molar-refractivity contribution in [1.29, 1.82) is 0 Å². The van der Waals surface area contributed by atoms with E-state index >= 15 is 0 Å². The molecule has 250 valence electrons. The minimum atomic E-state index is -0.781. The highest BCUT2D eigenvalue weighted by Gasteiger charge is 2.41. The number of anilines is 1. The van der Waals surface area contributed by atoms with Crippen LogP contribution in [0.3, 0.4) is 0 Å². The molecule has 8 rings (SSSR count). The number of carbonyl (C=O) groups is 1. The SMILES string of the molecule is CCO[C@@H]1CN(C)C(=O)[C@@H]2C[C@@H](CN2c2ncnc3c2cnn3-c2ccc(F)cc2F)Oc2cncc(c2)-c2cccc3nc(C)n(c23)C1. The molecule has 0 saturated carbocycles. The number of likely N-dealkylation sites (N-methyl/N-ethyl adjacent to an activating group) is 1. The third-order valence-corrected chi connectivity index (χ3v) is 9.23. The zero-order chi connectivity index (χ0) is 33.8. The van der Waals surface area contributed by atoms with Gasteiger partial charge < -0.3 is 23.8 Å². The number of hydrogen-bond acceptors (Lipinski definition) is 9. The van der Waals surface area contributed by atoms with E-state index in [9.17, 15) is 13.6 Å². The highest BCUT2D eigenvalue weighted by atomic mass is 19.1. The van der Waals surface area contributed by atoms with Crippen molar-refractivity contribution in [2.24, 2.45) is 0 Å². The zero-order valence-electron chi connectivity index (χ0n) is 27.1. The fourth-order valence-electron chi connectivity index (χ4n) is 7.07. The summed E-state index contributed by atoms with van der Waals surface area (Å²) in [6.45, 7) is 5.53. The molecule has 4 aromatic heterocycles. The Morgan fingerprint density at radius 1 is 1.04 bits per heavy atom. The Labute approximate surface area is 279 Å². The number of pyridine rings is 1. The van der Waals surface area contributed by atoms with E-state index in [-0.39, 0.29) is 17.7 Å². The van der Waals surface area contributed by atoms with Crippen LogP contribution < -0.4 is 9.64 Å². The van der Waals surface area contributed by atoms with Crippen LogP contribution in [-0.2, 0) is 16.1 Å². The van der Waals surface area contributed by atoms with Crippen molar-refractivity contribution in [3.8, 4) is 22.6 Å². The third kappa shape index (κ3) is 5.41. The van der Waals surface area contributed by atoms with Crippen LogP contribution in [0.25, 0.3) is 38.9 Å². The lowest BCUT2D eigenvalue weighted by Crippen LogP contribution is -2.47. The molecule has 3 atom stereocenters. The van der Waals surface area contributed by atoms with Gasteiger partial charge in [0.2, 0.25) is 5.91 Å². The number of rotatable bonds is 4. The Balaban J connectivity index is 1.22. The van der Waals surface area contributed by atoms with Gasteiger partial charge in [-0.15, -0.1) is 0 Å². The molecule has 14 heteroatoms. The predicted octanol–water partition coefficient (Wildman–Crippen LogP) is 4.72. The third-order valence-electron chi connectivity index (χ3n) is 9.23. The number of benzene rings is 2. The van der Waals surface area contributed by atoms with Gasteiger partial charge in [-0.2, -0.15) is 5.10 Å². The molecular formula is C35H33F2N9O3. The van der Waals surface area contributed by atoms with E-state index in [0.29, 0.717) is 55.3 Å². The van der Waals surface area contributed by atoms with Crippen LogP contribution in [-0.4, -0.2) is 90.1 Å². The topological polar surface area (TPSA) is 116 Å². The Kier molecular flexibility index (Phi) is 7.66. The van der Waals surface area contributed by atoms with Gasteiger partial charge in [0.25, 0.3) is 0 Å². The molecule has 2 aliphatic heterocycles.